The molecule has 12 heteroatoms. The molecular formula is C21H24F3N3O5S. The Hall–Kier alpha value is -2.67. The highest BCUT2D eigenvalue weighted by Crippen LogP contribution is 2.31. The number of hydrogen-bond donors (Lipinski definition) is 3. The van der Waals surface area contributed by atoms with Crippen LogP contribution in [0, 0.1) is 5.92 Å². The highest BCUT2D eigenvalue weighted by molar-refractivity contribution is 7.89. The van der Waals surface area contributed by atoms with Crippen LogP contribution in [-0.2, 0) is 21.0 Å². The second kappa shape index (κ2) is 9.67. The molecule has 1 amide bonds. The summed E-state index contributed by atoms with van der Waals surface area (Å²) >= 11 is 0. The summed E-state index contributed by atoms with van der Waals surface area (Å²) < 4.78 is 71.1. The van der Waals surface area contributed by atoms with Crippen molar-refractivity contribution in [2.24, 2.45) is 5.92 Å². The van der Waals surface area contributed by atoms with Gasteiger partial charge in [0, 0.05) is 13.1 Å². The van der Waals surface area contributed by atoms with Crippen LogP contribution in [0.4, 0.5) is 13.2 Å². The topological polar surface area (TPSA) is 108 Å². The number of carbonyl (C=O) groups excluding carboxylic acids is 1. The van der Waals surface area contributed by atoms with Gasteiger partial charge in [-0.25, -0.2) is 8.42 Å². The molecule has 0 aliphatic carbocycles. The minimum Gasteiger partial charge on any atom is -0.457 e. The first-order valence-electron chi connectivity index (χ1n) is 10.1. The van der Waals surface area contributed by atoms with Gasteiger partial charge >= 0.3 is 6.18 Å². The van der Waals surface area contributed by atoms with Gasteiger partial charge in [-0.1, -0.05) is 13.8 Å². The number of nitrogens with one attached hydrogen (secondary N) is 2. The van der Waals surface area contributed by atoms with E-state index in [1.54, 1.807) is 0 Å². The third-order valence-electron chi connectivity index (χ3n) is 4.79. The Kier molecular flexibility index (Phi) is 7.32. The predicted molar refractivity (Wildman–Crippen MR) is 113 cm³/mol. The summed E-state index contributed by atoms with van der Waals surface area (Å²) in [6, 6.07) is 8.64. The molecule has 1 heterocycles. The van der Waals surface area contributed by atoms with E-state index in [-0.39, 0.29) is 35.4 Å². The van der Waals surface area contributed by atoms with E-state index < -0.39 is 40.1 Å². The zero-order valence-electron chi connectivity index (χ0n) is 17.8. The number of alkyl halides is 3. The first kappa shape index (κ1) is 25.0. The molecule has 8 nitrogen and oxygen atoms in total. The van der Waals surface area contributed by atoms with Gasteiger partial charge in [-0.15, -0.1) is 0 Å². The molecule has 0 aromatic heterocycles. The Morgan fingerprint density at radius 2 is 1.61 bits per heavy atom. The van der Waals surface area contributed by atoms with Crippen LogP contribution in [0.2, 0.25) is 0 Å². The molecule has 0 bridgehead atoms. The molecule has 2 aromatic carbocycles. The number of halogens is 3. The zero-order valence-corrected chi connectivity index (χ0v) is 18.7. The maximum atomic E-state index is 13.2. The van der Waals surface area contributed by atoms with Gasteiger partial charge in [0.15, 0.2) is 6.35 Å². The smallest absolute Gasteiger partial charge is 0.416 e. The van der Waals surface area contributed by atoms with Crippen molar-refractivity contribution in [3.63, 3.8) is 0 Å². The van der Waals surface area contributed by atoms with E-state index in [1.165, 1.54) is 40.7 Å². The fourth-order valence-electron chi connectivity index (χ4n) is 3.24. The highest BCUT2D eigenvalue weighted by atomic mass is 32.2. The molecule has 1 aliphatic heterocycles. The molecule has 0 saturated carbocycles. The number of sulfonamides is 1. The van der Waals surface area contributed by atoms with Crippen molar-refractivity contribution in [1.82, 2.24) is 14.9 Å². The Morgan fingerprint density at radius 3 is 2.06 bits per heavy atom. The molecule has 2 aromatic rings. The molecule has 1 unspecified atom stereocenters. The number of benzene rings is 2. The molecule has 0 spiro atoms. The van der Waals surface area contributed by atoms with Crippen LogP contribution in [0.1, 0.15) is 19.4 Å². The van der Waals surface area contributed by atoms with E-state index >= 15 is 0 Å². The summed E-state index contributed by atoms with van der Waals surface area (Å²) in [7, 11) is -3.98. The lowest BCUT2D eigenvalue weighted by Crippen LogP contribution is -2.46. The summed E-state index contributed by atoms with van der Waals surface area (Å²) in [5.74, 6) is -0.135. The third kappa shape index (κ3) is 6.22. The highest BCUT2D eigenvalue weighted by Gasteiger charge is 2.35. The number of nitrogens with zero attached hydrogens (tertiary/aromatic N) is 1. The average Bonchev–Trinajstić information content (AvgIpc) is 3.04. The van der Waals surface area contributed by atoms with Gasteiger partial charge in [-0.05, 0) is 54.4 Å². The maximum absolute atomic E-state index is 13.2. The largest absolute Gasteiger partial charge is 0.457 e. The standard InChI is InChI=1S/C21H24F3N3O5S/c1-13(2)11-27(12-18-19(28)26-20(29)25-18)33(30,31)17-9-7-16(8-10-17)32-15-5-3-14(4-6-15)21(22,23)24/h3-10,13,18,20,25,29H,11-12H2,1-2H3,(H,26,28)/t18-,20?/m0/s1. The summed E-state index contributed by atoms with van der Waals surface area (Å²) in [6.07, 6.45) is -5.70. The molecule has 1 aliphatic rings. The minimum atomic E-state index is -4.46. The molecule has 180 valence electrons. The summed E-state index contributed by atoms with van der Waals surface area (Å²) in [6.45, 7) is 3.64. The van der Waals surface area contributed by atoms with Crippen LogP contribution < -0.4 is 15.4 Å². The number of amides is 1. The van der Waals surface area contributed by atoms with Crippen LogP contribution in [0.15, 0.2) is 53.4 Å². The number of carbonyl (C=O) groups is 1. The zero-order chi connectivity index (χ0) is 24.4. The van der Waals surface area contributed by atoms with Crippen molar-refractivity contribution in [3.05, 3.63) is 54.1 Å². The van der Waals surface area contributed by atoms with Crippen LogP contribution >= 0.6 is 0 Å². The van der Waals surface area contributed by atoms with Crippen LogP contribution in [0.5, 0.6) is 11.5 Å². The molecule has 33 heavy (non-hydrogen) atoms. The second-order valence-corrected chi connectivity index (χ2v) is 9.88. The van der Waals surface area contributed by atoms with Gasteiger partial charge in [0.1, 0.15) is 17.5 Å². The molecule has 1 fully saturated rings. The van der Waals surface area contributed by atoms with E-state index in [9.17, 15) is 31.5 Å². The van der Waals surface area contributed by atoms with Crippen molar-refractivity contribution < 1.29 is 36.2 Å². The van der Waals surface area contributed by atoms with Gasteiger partial charge in [-0.3, -0.25) is 10.1 Å². The van der Waals surface area contributed by atoms with Gasteiger partial charge in [0.25, 0.3) is 0 Å². The number of aliphatic hydroxyl groups excluding tert-OH is 1. The molecule has 3 rings (SSSR count). The van der Waals surface area contributed by atoms with E-state index in [1.807, 2.05) is 13.8 Å². The Bertz CT molecular complexity index is 1070. The quantitative estimate of drug-likeness (QED) is 0.528. The van der Waals surface area contributed by atoms with Gasteiger partial charge in [0.2, 0.25) is 15.9 Å². The average molecular weight is 488 g/mol. The van der Waals surface area contributed by atoms with Crippen molar-refractivity contribution in [2.75, 3.05) is 13.1 Å². The van der Waals surface area contributed by atoms with Crippen molar-refractivity contribution in [2.45, 2.75) is 37.3 Å². The SMILES string of the molecule is CC(C)CN(C[C@@H]1NC(O)NC1=O)S(=O)(=O)c1ccc(Oc2ccc(C(F)(F)F)cc2)cc1. The van der Waals surface area contributed by atoms with E-state index in [4.69, 9.17) is 4.74 Å². The first-order valence-corrected chi connectivity index (χ1v) is 11.5. The minimum absolute atomic E-state index is 0.0311. The van der Waals surface area contributed by atoms with E-state index in [2.05, 4.69) is 10.6 Å². The Balaban J connectivity index is 1.75. The monoisotopic (exact) mass is 487 g/mol. The number of ether oxygens (including phenoxy) is 1. The predicted octanol–water partition coefficient (Wildman–Crippen LogP) is 2.51. The fourth-order valence-corrected chi connectivity index (χ4v) is 4.86. The number of aliphatic hydroxyl groups is 1. The lowest BCUT2D eigenvalue weighted by atomic mass is 10.2. The Labute approximate surface area is 189 Å². The van der Waals surface area contributed by atoms with Crippen molar-refractivity contribution in [1.29, 1.82) is 0 Å². The van der Waals surface area contributed by atoms with Crippen molar-refractivity contribution >= 4 is 15.9 Å². The molecule has 2 atom stereocenters. The normalized spacial score (nSPS) is 19.2. The van der Waals surface area contributed by atoms with Crippen LogP contribution in [0.25, 0.3) is 0 Å². The molecule has 0 radical (unpaired) electrons. The lowest BCUT2D eigenvalue weighted by molar-refractivity contribution is -0.137. The summed E-state index contributed by atoms with van der Waals surface area (Å²) in [5.41, 5.74) is -0.806. The van der Waals surface area contributed by atoms with Gasteiger partial charge < -0.3 is 15.2 Å². The number of hydrogen-bond acceptors (Lipinski definition) is 6. The van der Waals surface area contributed by atoms with Gasteiger partial charge in [-0.2, -0.15) is 17.5 Å². The fraction of sp³-hybridized carbons (Fsp3) is 0.381. The van der Waals surface area contributed by atoms with Crippen molar-refractivity contribution in [3.8, 4) is 11.5 Å². The Morgan fingerprint density at radius 1 is 1.06 bits per heavy atom. The second-order valence-electron chi connectivity index (χ2n) is 7.94. The molecule has 1 saturated heterocycles. The number of rotatable bonds is 8. The first-order chi connectivity index (χ1) is 15.4. The molecule has 3 N–H and O–H groups in total. The van der Waals surface area contributed by atoms with Gasteiger partial charge in [0.05, 0.1) is 10.5 Å². The lowest BCUT2D eigenvalue weighted by Gasteiger charge is -2.26. The van der Waals surface area contributed by atoms with E-state index in [0.717, 1.165) is 12.1 Å². The summed E-state index contributed by atoms with van der Waals surface area (Å²) in [5, 5.41) is 14.4. The molecular weight excluding hydrogens is 463 g/mol. The third-order valence-corrected chi connectivity index (χ3v) is 6.63. The van der Waals surface area contributed by atoms with Crippen LogP contribution in [-0.4, -0.2) is 49.2 Å². The van der Waals surface area contributed by atoms with E-state index in [0.29, 0.717) is 0 Å². The summed E-state index contributed by atoms with van der Waals surface area (Å²) in [4.78, 5) is 11.9. The maximum Gasteiger partial charge on any atom is 0.416 e. The van der Waals surface area contributed by atoms with Crippen LogP contribution in [0.3, 0.4) is 0 Å².